The lowest BCUT2D eigenvalue weighted by Crippen LogP contribution is -2.48. The standard InChI is InChI=1S/C13H27N3O/c1-3-5-8-15-13(17)11-16-9-6-7-12(10-16)14-4-2/h12,14H,3-11H2,1-2H3,(H,15,17). The molecule has 1 heterocycles. The normalized spacial score (nSPS) is 21.4. The van der Waals surface area contributed by atoms with Crippen molar-refractivity contribution in [3.05, 3.63) is 0 Å². The molecule has 0 aliphatic carbocycles. The fraction of sp³-hybridized carbons (Fsp3) is 0.923. The summed E-state index contributed by atoms with van der Waals surface area (Å²) >= 11 is 0. The van der Waals surface area contributed by atoms with E-state index in [9.17, 15) is 4.79 Å². The van der Waals surface area contributed by atoms with E-state index in [-0.39, 0.29) is 5.91 Å². The predicted octanol–water partition coefficient (Wildman–Crippen LogP) is 0.977. The van der Waals surface area contributed by atoms with Gasteiger partial charge in [0.2, 0.25) is 5.91 Å². The molecule has 0 radical (unpaired) electrons. The average Bonchev–Trinajstić information content (AvgIpc) is 2.30. The Morgan fingerprint density at radius 1 is 1.41 bits per heavy atom. The minimum atomic E-state index is 0.176. The van der Waals surface area contributed by atoms with Crippen LogP contribution in [0.3, 0.4) is 0 Å². The molecule has 0 aromatic heterocycles. The molecule has 4 heteroatoms. The van der Waals surface area contributed by atoms with Gasteiger partial charge in [0.05, 0.1) is 6.54 Å². The maximum absolute atomic E-state index is 11.7. The molecule has 0 bridgehead atoms. The van der Waals surface area contributed by atoms with Crippen molar-refractivity contribution in [1.82, 2.24) is 15.5 Å². The van der Waals surface area contributed by atoms with E-state index in [4.69, 9.17) is 0 Å². The van der Waals surface area contributed by atoms with Gasteiger partial charge >= 0.3 is 0 Å². The predicted molar refractivity (Wildman–Crippen MR) is 71.1 cm³/mol. The van der Waals surface area contributed by atoms with Gasteiger partial charge in [-0.3, -0.25) is 9.69 Å². The Labute approximate surface area is 105 Å². The smallest absolute Gasteiger partial charge is 0.234 e. The number of rotatable bonds is 7. The zero-order chi connectivity index (χ0) is 12.5. The highest BCUT2D eigenvalue weighted by atomic mass is 16.2. The number of carbonyl (C=O) groups excluding carboxylic acids is 1. The van der Waals surface area contributed by atoms with Crippen LogP contribution in [0.5, 0.6) is 0 Å². The summed E-state index contributed by atoms with van der Waals surface area (Å²) in [5.74, 6) is 0.176. The molecule has 1 rings (SSSR count). The Balaban J connectivity index is 2.18. The fourth-order valence-electron chi connectivity index (χ4n) is 2.32. The molecule has 2 N–H and O–H groups in total. The molecule has 1 atom stereocenters. The van der Waals surface area contributed by atoms with Gasteiger partial charge in [-0.25, -0.2) is 0 Å². The van der Waals surface area contributed by atoms with Crippen molar-refractivity contribution in [2.45, 2.75) is 45.6 Å². The second-order valence-corrected chi connectivity index (χ2v) is 4.84. The van der Waals surface area contributed by atoms with E-state index < -0.39 is 0 Å². The number of nitrogens with one attached hydrogen (secondary N) is 2. The number of nitrogens with zero attached hydrogens (tertiary/aromatic N) is 1. The van der Waals surface area contributed by atoms with Gasteiger partial charge in [0.1, 0.15) is 0 Å². The number of likely N-dealkylation sites (N-methyl/N-ethyl adjacent to an activating group) is 1. The number of amides is 1. The van der Waals surface area contributed by atoms with Crippen LogP contribution in [0.2, 0.25) is 0 Å². The van der Waals surface area contributed by atoms with Crippen LogP contribution in [0.1, 0.15) is 39.5 Å². The molecule has 1 amide bonds. The number of unbranched alkanes of at least 4 members (excludes halogenated alkanes) is 1. The first-order valence-corrected chi connectivity index (χ1v) is 6.98. The zero-order valence-electron chi connectivity index (χ0n) is 11.3. The van der Waals surface area contributed by atoms with E-state index in [1.807, 2.05) is 0 Å². The molecule has 0 saturated carbocycles. The second kappa shape index (κ2) is 8.48. The number of piperidine rings is 1. The van der Waals surface area contributed by atoms with Gasteiger partial charge in [0.25, 0.3) is 0 Å². The van der Waals surface area contributed by atoms with Crippen molar-refractivity contribution in [3.63, 3.8) is 0 Å². The number of likely N-dealkylation sites (tertiary alicyclic amines) is 1. The van der Waals surface area contributed by atoms with Crippen molar-refractivity contribution < 1.29 is 4.79 Å². The summed E-state index contributed by atoms with van der Waals surface area (Å²) in [7, 11) is 0. The van der Waals surface area contributed by atoms with Crippen LogP contribution in [0.4, 0.5) is 0 Å². The summed E-state index contributed by atoms with van der Waals surface area (Å²) in [6.07, 6.45) is 4.64. The first-order valence-electron chi connectivity index (χ1n) is 6.98. The van der Waals surface area contributed by atoms with E-state index in [1.165, 1.54) is 12.8 Å². The third kappa shape index (κ3) is 6.03. The Kier molecular flexibility index (Phi) is 7.21. The topological polar surface area (TPSA) is 44.4 Å². The molecule has 1 aliphatic heterocycles. The van der Waals surface area contributed by atoms with Crippen LogP contribution in [-0.4, -0.2) is 49.6 Å². The third-order valence-corrected chi connectivity index (χ3v) is 3.22. The van der Waals surface area contributed by atoms with E-state index in [2.05, 4.69) is 29.4 Å². The molecule has 100 valence electrons. The first-order chi connectivity index (χ1) is 8.26. The van der Waals surface area contributed by atoms with Crippen molar-refractivity contribution >= 4 is 5.91 Å². The summed E-state index contributed by atoms with van der Waals surface area (Å²) in [6, 6.07) is 0.567. The van der Waals surface area contributed by atoms with Crippen LogP contribution in [-0.2, 0) is 4.79 Å². The molecule has 17 heavy (non-hydrogen) atoms. The minimum absolute atomic E-state index is 0.176. The van der Waals surface area contributed by atoms with E-state index in [1.54, 1.807) is 0 Å². The lowest BCUT2D eigenvalue weighted by Gasteiger charge is -2.32. The maximum atomic E-state index is 11.7. The van der Waals surface area contributed by atoms with Gasteiger partial charge in [-0.2, -0.15) is 0 Å². The molecular formula is C13H27N3O. The fourth-order valence-corrected chi connectivity index (χ4v) is 2.32. The van der Waals surface area contributed by atoms with Gasteiger partial charge in [-0.15, -0.1) is 0 Å². The molecule has 1 aliphatic rings. The lowest BCUT2D eigenvalue weighted by molar-refractivity contribution is -0.122. The molecule has 4 nitrogen and oxygen atoms in total. The molecule has 1 unspecified atom stereocenters. The quantitative estimate of drug-likeness (QED) is 0.653. The van der Waals surface area contributed by atoms with Crippen LogP contribution in [0.15, 0.2) is 0 Å². The summed E-state index contributed by atoms with van der Waals surface area (Å²) in [4.78, 5) is 13.9. The van der Waals surface area contributed by atoms with Crippen molar-refractivity contribution in [3.8, 4) is 0 Å². The van der Waals surface area contributed by atoms with Crippen LogP contribution < -0.4 is 10.6 Å². The van der Waals surface area contributed by atoms with Crippen LogP contribution in [0.25, 0.3) is 0 Å². The zero-order valence-corrected chi connectivity index (χ0v) is 11.3. The summed E-state index contributed by atoms with van der Waals surface area (Å²) < 4.78 is 0. The van der Waals surface area contributed by atoms with Gasteiger partial charge in [-0.1, -0.05) is 20.3 Å². The Bertz CT molecular complexity index is 219. The van der Waals surface area contributed by atoms with Crippen molar-refractivity contribution in [1.29, 1.82) is 0 Å². The van der Waals surface area contributed by atoms with Crippen molar-refractivity contribution in [2.24, 2.45) is 0 Å². The SMILES string of the molecule is CCCCNC(=O)CN1CCCC(NCC)C1. The van der Waals surface area contributed by atoms with Crippen LogP contribution in [0, 0.1) is 0 Å². The van der Waals surface area contributed by atoms with Gasteiger partial charge < -0.3 is 10.6 Å². The van der Waals surface area contributed by atoms with E-state index in [0.29, 0.717) is 12.6 Å². The Morgan fingerprint density at radius 2 is 2.24 bits per heavy atom. The molecule has 0 aromatic rings. The third-order valence-electron chi connectivity index (χ3n) is 3.22. The molecule has 0 aromatic carbocycles. The Hall–Kier alpha value is -0.610. The molecule has 1 saturated heterocycles. The monoisotopic (exact) mass is 241 g/mol. The molecule has 1 fully saturated rings. The van der Waals surface area contributed by atoms with Gasteiger partial charge in [0.15, 0.2) is 0 Å². The number of carbonyl (C=O) groups is 1. The minimum Gasteiger partial charge on any atom is -0.355 e. The maximum Gasteiger partial charge on any atom is 0.234 e. The average molecular weight is 241 g/mol. The van der Waals surface area contributed by atoms with Crippen molar-refractivity contribution in [2.75, 3.05) is 32.7 Å². The molecule has 0 spiro atoms. The Morgan fingerprint density at radius 3 is 2.94 bits per heavy atom. The molecular weight excluding hydrogens is 214 g/mol. The second-order valence-electron chi connectivity index (χ2n) is 4.84. The highest BCUT2D eigenvalue weighted by Crippen LogP contribution is 2.09. The highest BCUT2D eigenvalue weighted by Gasteiger charge is 2.20. The first kappa shape index (κ1) is 14.5. The number of hydrogen-bond acceptors (Lipinski definition) is 3. The van der Waals surface area contributed by atoms with Crippen LogP contribution >= 0.6 is 0 Å². The summed E-state index contributed by atoms with van der Waals surface area (Å²) in [6.45, 7) is 8.74. The summed E-state index contributed by atoms with van der Waals surface area (Å²) in [5.41, 5.74) is 0. The summed E-state index contributed by atoms with van der Waals surface area (Å²) in [5, 5.41) is 6.44. The van der Waals surface area contributed by atoms with Gasteiger partial charge in [0, 0.05) is 19.1 Å². The highest BCUT2D eigenvalue weighted by molar-refractivity contribution is 5.77. The number of hydrogen-bond donors (Lipinski definition) is 2. The lowest BCUT2D eigenvalue weighted by atomic mass is 10.1. The van der Waals surface area contributed by atoms with Gasteiger partial charge in [-0.05, 0) is 32.4 Å². The largest absolute Gasteiger partial charge is 0.355 e. The van der Waals surface area contributed by atoms with E-state index in [0.717, 1.165) is 39.0 Å². The van der Waals surface area contributed by atoms with E-state index >= 15 is 0 Å².